The summed E-state index contributed by atoms with van der Waals surface area (Å²) in [5.41, 5.74) is 0. The average Bonchev–Trinajstić information content (AvgIpc) is 1.97. The third-order valence-electron chi connectivity index (χ3n) is 0.847. The third-order valence-corrected chi connectivity index (χ3v) is 0.847. The van der Waals surface area contributed by atoms with Crippen LogP contribution in [0.4, 0.5) is 0 Å². The fourth-order valence-electron chi connectivity index (χ4n) is 0.425. The Bertz CT molecular complexity index is 152. The van der Waals surface area contributed by atoms with E-state index in [0.717, 1.165) is 6.42 Å². The van der Waals surface area contributed by atoms with Crippen LogP contribution in [0.2, 0.25) is 0 Å². The monoisotopic (exact) mass is 135 g/mol. The first-order chi connectivity index (χ1) is 4.91. The highest BCUT2D eigenvalue weighted by atomic mass is 14.6. The summed E-state index contributed by atoms with van der Waals surface area (Å²) in [5, 5.41) is 0. The van der Waals surface area contributed by atoms with Crippen LogP contribution in [0.3, 0.4) is 0 Å². The lowest BCUT2D eigenvalue weighted by Crippen LogP contribution is -1.56. The minimum Gasteiger partial charge on any atom is -0.265 e. The van der Waals surface area contributed by atoms with Crippen molar-refractivity contribution in [1.29, 1.82) is 0 Å². The fraction of sp³-hybridized carbons (Fsp3) is 0.222. The third kappa shape index (κ3) is 6.89. The molecule has 0 bridgehead atoms. The van der Waals surface area contributed by atoms with E-state index in [0.29, 0.717) is 0 Å². The molecule has 0 N–H and O–H groups in total. The molecule has 0 amide bonds. The molecule has 0 aliphatic heterocycles. The minimum atomic E-state index is 1.06. The summed E-state index contributed by atoms with van der Waals surface area (Å²) in [5.74, 6) is 0. The van der Waals surface area contributed by atoms with Crippen molar-refractivity contribution in [2.24, 2.45) is 4.99 Å². The summed E-state index contributed by atoms with van der Waals surface area (Å²) in [7, 11) is 0. The summed E-state index contributed by atoms with van der Waals surface area (Å²) in [6.07, 6.45) is 12.0. The molecule has 0 rings (SSSR count). The predicted octanol–water partition coefficient (Wildman–Crippen LogP) is 2.72. The van der Waals surface area contributed by atoms with Crippen molar-refractivity contribution >= 4 is 6.21 Å². The van der Waals surface area contributed by atoms with Gasteiger partial charge in [0.1, 0.15) is 0 Å². The first-order valence-electron chi connectivity index (χ1n) is 3.37. The number of aliphatic imine (C=N–C) groups is 1. The summed E-state index contributed by atoms with van der Waals surface area (Å²) in [4.78, 5) is 3.89. The second kappa shape index (κ2) is 7.89. The summed E-state index contributed by atoms with van der Waals surface area (Å²) < 4.78 is 0. The Balaban J connectivity index is 3.46. The van der Waals surface area contributed by atoms with Gasteiger partial charge in [-0.1, -0.05) is 31.7 Å². The highest BCUT2D eigenvalue weighted by molar-refractivity contribution is 5.70. The number of allylic oxidation sites excluding steroid dienone is 4. The van der Waals surface area contributed by atoms with Crippen LogP contribution in [-0.2, 0) is 0 Å². The molecule has 0 fully saturated rings. The van der Waals surface area contributed by atoms with Crippen molar-refractivity contribution in [3.8, 4) is 0 Å². The van der Waals surface area contributed by atoms with Crippen LogP contribution >= 0.6 is 0 Å². The van der Waals surface area contributed by atoms with Crippen molar-refractivity contribution in [1.82, 2.24) is 0 Å². The molecule has 0 heterocycles. The van der Waals surface area contributed by atoms with Crippen LogP contribution in [0.25, 0.3) is 0 Å². The Morgan fingerprint density at radius 2 is 2.20 bits per heavy atom. The van der Waals surface area contributed by atoms with Crippen molar-refractivity contribution in [2.45, 2.75) is 13.3 Å². The van der Waals surface area contributed by atoms with Crippen LogP contribution in [-0.4, -0.2) is 6.21 Å². The van der Waals surface area contributed by atoms with Gasteiger partial charge in [0.05, 0.1) is 0 Å². The summed E-state index contributed by atoms with van der Waals surface area (Å²) in [6.45, 7) is 5.59. The first kappa shape index (κ1) is 8.89. The van der Waals surface area contributed by atoms with Gasteiger partial charge < -0.3 is 0 Å². The molecule has 1 heteroatoms. The Hall–Kier alpha value is -1.11. The van der Waals surface area contributed by atoms with Crippen LogP contribution < -0.4 is 0 Å². The van der Waals surface area contributed by atoms with Gasteiger partial charge in [-0.2, -0.15) is 0 Å². The quantitative estimate of drug-likeness (QED) is 0.415. The first-order valence-corrected chi connectivity index (χ1v) is 3.37. The molecule has 0 aromatic heterocycles. The highest BCUT2D eigenvalue weighted by Gasteiger charge is 1.61. The maximum Gasteiger partial charge on any atom is 0.0267 e. The van der Waals surface area contributed by atoms with E-state index in [4.69, 9.17) is 0 Å². The maximum absolute atomic E-state index is 3.89. The average molecular weight is 135 g/mol. The second-order valence-corrected chi connectivity index (χ2v) is 1.71. The molecule has 0 saturated heterocycles. The maximum atomic E-state index is 3.89. The van der Waals surface area contributed by atoms with Gasteiger partial charge in [-0.3, -0.25) is 4.99 Å². The lowest BCUT2D eigenvalue weighted by atomic mass is 10.4. The highest BCUT2D eigenvalue weighted by Crippen LogP contribution is 1.81. The van der Waals surface area contributed by atoms with E-state index in [1.54, 1.807) is 18.5 Å². The van der Waals surface area contributed by atoms with Gasteiger partial charge in [0.15, 0.2) is 0 Å². The van der Waals surface area contributed by atoms with Crippen molar-refractivity contribution in [3.05, 3.63) is 37.1 Å². The lowest BCUT2D eigenvalue weighted by Gasteiger charge is -1.73. The van der Waals surface area contributed by atoms with Gasteiger partial charge >= 0.3 is 0 Å². The molecule has 0 atom stereocenters. The van der Waals surface area contributed by atoms with Crippen LogP contribution in [0.1, 0.15) is 13.3 Å². The lowest BCUT2D eigenvalue weighted by molar-refractivity contribution is 1.22. The molecule has 0 spiro atoms. The Kier molecular flexibility index (Phi) is 7.01. The standard InChI is InChI=1S/C9H13N/c1-3-5-6-7-9-10-8-4-2/h4-9H,2-3H2,1H3/b6-5+,9-7-,10-8+. The smallest absolute Gasteiger partial charge is 0.0267 e. The van der Waals surface area contributed by atoms with Gasteiger partial charge in [0.2, 0.25) is 0 Å². The molecule has 54 valence electrons. The van der Waals surface area contributed by atoms with Crippen molar-refractivity contribution < 1.29 is 0 Å². The molecular weight excluding hydrogens is 122 g/mol. The number of hydrogen-bond acceptors (Lipinski definition) is 1. The predicted molar refractivity (Wildman–Crippen MR) is 47.3 cm³/mol. The zero-order valence-corrected chi connectivity index (χ0v) is 6.33. The zero-order valence-electron chi connectivity index (χ0n) is 6.33. The van der Waals surface area contributed by atoms with E-state index in [2.05, 4.69) is 24.6 Å². The molecule has 0 aromatic carbocycles. The normalized spacial score (nSPS) is 12.1. The van der Waals surface area contributed by atoms with E-state index < -0.39 is 0 Å². The van der Waals surface area contributed by atoms with E-state index in [1.165, 1.54) is 0 Å². The molecule has 1 nitrogen and oxygen atoms in total. The molecule has 0 aliphatic carbocycles. The Morgan fingerprint density at radius 3 is 2.80 bits per heavy atom. The molecule has 0 unspecified atom stereocenters. The van der Waals surface area contributed by atoms with Crippen LogP contribution in [0.5, 0.6) is 0 Å². The summed E-state index contributed by atoms with van der Waals surface area (Å²) in [6, 6.07) is 0. The van der Waals surface area contributed by atoms with Gasteiger partial charge in [0.25, 0.3) is 0 Å². The molecule has 0 saturated carbocycles. The van der Waals surface area contributed by atoms with E-state index in [1.807, 2.05) is 12.2 Å². The Morgan fingerprint density at radius 1 is 1.40 bits per heavy atom. The van der Waals surface area contributed by atoms with Gasteiger partial charge in [0, 0.05) is 12.4 Å². The largest absolute Gasteiger partial charge is 0.265 e. The van der Waals surface area contributed by atoms with Gasteiger partial charge in [-0.05, 0) is 12.5 Å². The van der Waals surface area contributed by atoms with E-state index in [9.17, 15) is 0 Å². The second-order valence-electron chi connectivity index (χ2n) is 1.71. The Labute approximate surface area is 62.5 Å². The fourth-order valence-corrected chi connectivity index (χ4v) is 0.425. The SMILES string of the molecule is C=C/C=N/C=C\C=C\CC. The van der Waals surface area contributed by atoms with E-state index in [-0.39, 0.29) is 0 Å². The summed E-state index contributed by atoms with van der Waals surface area (Å²) >= 11 is 0. The zero-order chi connectivity index (χ0) is 7.66. The molecule has 0 radical (unpaired) electrons. The van der Waals surface area contributed by atoms with E-state index >= 15 is 0 Å². The topological polar surface area (TPSA) is 12.4 Å². The molecular formula is C9H13N. The van der Waals surface area contributed by atoms with Crippen molar-refractivity contribution in [2.75, 3.05) is 0 Å². The number of nitrogens with zero attached hydrogens (tertiary/aromatic N) is 1. The van der Waals surface area contributed by atoms with Gasteiger partial charge in [-0.15, -0.1) is 0 Å². The number of rotatable bonds is 4. The van der Waals surface area contributed by atoms with Gasteiger partial charge in [-0.25, -0.2) is 0 Å². The minimum absolute atomic E-state index is 1.06. The number of hydrogen-bond donors (Lipinski definition) is 0. The van der Waals surface area contributed by atoms with Crippen LogP contribution in [0.15, 0.2) is 42.1 Å². The molecule has 0 aliphatic rings. The van der Waals surface area contributed by atoms with Crippen molar-refractivity contribution in [3.63, 3.8) is 0 Å². The molecule has 10 heavy (non-hydrogen) atoms. The van der Waals surface area contributed by atoms with Crippen LogP contribution in [0, 0.1) is 0 Å². The molecule has 0 aromatic rings.